The van der Waals surface area contributed by atoms with Crippen molar-refractivity contribution in [2.24, 2.45) is 0 Å². The first-order chi connectivity index (χ1) is 12.3. The molecule has 0 aliphatic rings. The number of hydrogen-bond donors (Lipinski definition) is 1. The average molecular weight is 338 g/mol. The van der Waals surface area contributed by atoms with Crippen LogP contribution in [0, 0.1) is 0 Å². The molecule has 1 aromatic carbocycles. The van der Waals surface area contributed by atoms with Crippen molar-refractivity contribution in [3.63, 3.8) is 0 Å². The fraction of sp³-hybridized carbons (Fsp3) is 0.222. The summed E-state index contributed by atoms with van der Waals surface area (Å²) in [7, 11) is 0. The van der Waals surface area contributed by atoms with Crippen molar-refractivity contribution in [2.75, 3.05) is 6.61 Å². The minimum absolute atomic E-state index is 0.0227. The summed E-state index contributed by atoms with van der Waals surface area (Å²) >= 11 is 0. The number of ether oxygens (including phenoxy) is 1. The minimum atomic E-state index is -0.198. The summed E-state index contributed by atoms with van der Waals surface area (Å²) < 4.78 is 11.1. The van der Waals surface area contributed by atoms with E-state index >= 15 is 0 Å². The van der Waals surface area contributed by atoms with Crippen LogP contribution in [0.15, 0.2) is 53.2 Å². The molecule has 2 aromatic heterocycles. The molecule has 0 saturated heterocycles. The maximum atomic E-state index is 12.1. The van der Waals surface area contributed by atoms with Crippen LogP contribution in [0.3, 0.4) is 0 Å². The first-order valence-corrected chi connectivity index (χ1v) is 7.96. The molecule has 2 heterocycles. The third-order valence-electron chi connectivity index (χ3n) is 3.45. The zero-order valence-corrected chi connectivity index (χ0v) is 13.8. The van der Waals surface area contributed by atoms with Gasteiger partial charge in [0.1, 0.15) is 12.2 Å². The van der Waals surface area contributed by atoms with E-state index in [-0.39, 0.29) is 18.2 Å². The summed E-state index contributed by atoms with van der Waals surface area (Å²) in [5.74, 6) is 1.20. The second-order valence-corrected chi connectivity index (χ2v) is 5.23. The van der Waals surface area contributed by atoms with Crippen LogP contribution in [-0.4, -0.2) is 27.7 Å². The lowest BCUT2D eigenvalue weighted by atomic mass is 10.2. The highest BCUT2D eigenvalue weighted by Gasteiger charge is 2.13. The Morgan fingerprint density at radius 1 is 1.16 bits per heavy atom. The Morgan fingerprint density at radius 2 is 1.96 bits per heavy atom. The molecule has 0 radical (unpaired) electrons. The van der Waals surface area contributed by atoms with Gasteiger partial charge in [0.25, 0.3) is 0 Å². The van der Waals surface area contributed by atoms with E-state index < -0.39 is 0 Å². The standard InChI is InChI=1S/C18H18N4O3/c1-2-24-15-6-4-3-5-14(15)12-20-16(23)11-17-21-22-18(25-17)13-7-9-19-10-8-13/h3-10H,2,11-12H2,1H3,(H,20,23). The van der Waals surface area contributed by atoms with Crippen molar-refractivity contribution in [1.82, 2.24) is 20.5 Å². The summed E-state index contributed by atoms with van der Waals surface area (Å²) in [6.45, 7) is 2.87. The Morgan fingerprint density at radius 3 is 2.76 bits per heavy atom. The van der Waals surface area contributed by atoms with Gasteiger partial charge in [0, 0.05) is 30.1 Å². The minimum Gasteiger partial charge on any atom is -0.494 e. The summed E-state index contributed by atoms with van der Waals surface area (Å²) in [5, 5.41) is 10.7. The average Bonchev–Trinajstić information content (AvgIpc) is 3.10. The van der Waals surface area contributed by atoms with Gasteiger partial charge in [-0.1, -0.05) is 18.2 Å². The molecular weight excluding hydrogens is 320 g/mol. The van der Waals surface area contributed by atoms with Gasteiger partial charge in [0.05, 0.1) is 6.61 Å². The molecule has 3 aromatic rings. The van der Waals surface area contributed by atoms with Crippen molar-refractivity contribution >= 4 is 5.91 Å². The van der Waals surface area contributed by atoms with Crippen LogP contribution < -0.4 is 10.1 Å². The van der Waals surface area contributed by atoms with Gasteiger partial charge < -0.3 is 14.5 Å². The third-order valence-corrected chi connectivity index (χ3v) is 3.45. The third kappa shape index (κ3) is 4.41. The fourth-order valence-electron chi connectivity index (χ4n) is 2.28. The van der Waals surface area contributed by atoms with Gasteiger partial charge in [-0.15, -0.1) is 10.2 Å². The lowest BCUT2D eigenvalue weighted by Gasteiger charge is -2.10. The zero-order chi connectivity index (χ0) is 17.5. The van der Waals surface area contributed by atoms with Gasteiger partial charge in [-0.2, -0.15) is 0 Å². The monoisotopic (exact) mass is 338 g/mol. The first kappa shape index (κ1) is 16.6. The van der Waals surface area contributed by atoms with Crippen LogP contribution in [0.1, 0.15) is 18.4 Å². The Hall–Kier alpha value is -3.22. The highest BCUT2D eigenvalue weighted by atomic mass is 16.5. The molecule has 0 aliphatic carbocycles. The summed E-state index contributed by atoms with van der Waals surface area (Å²) in [4.78, 5) is 16.0. The van der Waals surface area contributed by atoms with Gasteiger partial charge >= 0.3 is 0 Å². The molecule has 25 heavy (non-hydrogen) atoms. The lowest BCUT2D eigenvalue weighted by molar-refractivity contribution is -0.120. The van der Waals surface area contributed by atoms with Crippen molar-refractivity contribution in [1.29, 1.82) is 0 Å². The van der Waals surface area contributed by atoms with E-state index in [1.165, 1.54) is 0 Å². The Balaban J connectivity index is 1.58. The van der Waals surface area contributed by atoms with Gasteiger partial charge in [0.2, 0.25) is 17.7 Å². The maximum absolute atomic E-state index is 12.1. The molecule has 0 aliphatic heterocycles. The SMILES string of the molecule is CCOc1ccccc1CNC(=O)Cc1nnc(-c2ccncc2)o1. The lowest BCUT2D eigenvalue weighted by Crippen LogP contribution is -2.25. The maximum Gasteiger partial charge on any atom is 0.247 e. The van der Waals surface area contributed by atoms with Gasteiger partial charge in [-0.3, -0.25) is 9.78 Å². The van der Waals surface area contributed by atoms with E-state index in [4.69, 9.17) is 9.15 Å². The molecule has 0 atom stereocenters. The molecular formula is C18H18N4O3. The largest absolute Gasteiger partial charge is 0.494 e. The smallest absolute Gasteiger partial charge is 0.247 e. The normalized spacial score (nSPS) is 10.4. The number of pyridine rings is 1. The number of nitrogens with one attached hydrogen (secondary N) is 1. The molecule has 1 amide bonds. The van der Waals surface area contributed by atoms with Crippen molar-refractivity contribution in [2.45, 2.75) is 19.9 Å². The first-order valence-electron chi connectivity index (χ1n) is 7.96. The van der Waals surface area contributed by atoms with Crippen LogP contribution in [0.5, 0.6) is 5.75 Å². The van der Waals surface area contributed by atoms with Crippen LogP contribution in [0.4, 0.5) is 0 Å². The van der Waals surface area contributed by atoms with Gasteiger partial charge in [-0.25, -0.2) is 0 Å². The van der Waals surface area contributed by atoms with Gasteiger partial charge in [0.15, 0.2) is 0 Å². The number of para-hydroxylation sites is 1. The molecule has 7 heteroatoms. The number of carbonyl (C=O) groups is 1. The number of benzene rings is 1. The number of hydrogen-bond acceptors (Lipinski definition) is 6. The molecule has 128 valence electrons. The molecule has 0 spiro atoms. The Labute approximate surface area is 145 Å². The van der Waals surface area contributed by atoms with Crippen LogP contribution in [0.2, 0.25) is 0 Å². The number of amides is 1. The topological polar surface area (TPSA) is 90.1 Å². The number of rotatable bonds is 7. The molecule has 0 fully saturated rings. The van der Waals surface area contributed by atoms with Crippen LogP contribution >= 0.6 is 0 Å². The highest BCUT2D eigenvalue weighted by Crippen LogP contribution is 2.18. The second kappa shape index (κ2) is 8.05. The second-order valence-electron chi connectivity index (χ2n) is 5.23. The quantitative estimate of drug-likeness (QED) is 0.711. The van der Waals surface area contributed by atoms with Crippen LogP contribution in [-0.2, 0) is 17.8 Å². The Bertz CT molecular complexity index is 833. The van der Waals surface area contributed by atoms with Crippen molar-refractivity contribution < 1.29 is 13.9 Å². The van der Waals surface area contributed by atoms with Crippen LogP contribution in [0.25, 0.3) is 11.5 Å². The predicted molar refractivity (Wildman–Crippen MR) is 90.7 cm³/mol. The number of aromatic nitrogens is 3. The van der Waals surface area contributed by atoms with Crippen molar-refractivity contribution in [3.8, 4) is 17.2 Å². The molecule has 0 bridgehead atoms. The van der Waals surface area contributed by atoms with E-state index in [2.05, 4.69) is 20.5 Å². The van der Waals surface area contributed by atoms with E-state index in [0.29, 0.717) is 19.0 Å². The molecule has 7 nitrogen and oxygen atoms in total. The molecule has 1 N–H and O–H groups in total. The summed E-state index contributed by atoms with van der Waals surface area (Å²) in [6.07, 6.45) is 3.30. The number of carbonyl (C=O) groups excluding carboxylic acids is 1. The zero-order valence-electron chi connectivity index (χ0n) is 13.8. The van der Waals surface area contributed by atoms with E-state index in [0.717, 1.165) is 16.9 Å². The van der Waals surface area contributed by atoms with E-state index in [9.17, 15) is 4.79 Å². The molecule has 0 saturated carbocycles. The van der Waals surface area contributed by atoms with E-state index in [1.54, 1.807) is 24.5 Å². The fourth-order valence-corrected chi connectivity index (χ4v) is 2.28. The summed E-state index contributed by atoms with van der Waals surface area (Å²) in [6, 6.07) is 11.1. The summed E-state index contributed by atoms with van der Waals surface area (Å²) in [5.41, 5.74) is 1.68. The van der Waals surface area contributed by atoms with Gasteiger partial charge in [-0.05, 0) is 25.1 Å². The molecule has 3 rings (SSSR count). The Kier molecular flexibility index (Phi) is 5.36. The van der Waals surface area contributed by atoms with E-state index in [1.807, 2.05) is 31.2 Å². The number of nitrogens with zero attached hydrogens (tertiary/aromatic N) is 3. The van der Waals surface area contributed by atoms with Crippen molar-refractivity contribution in [3.05, 3.63) is 60.2 Å². The predicted octanol–water partition coefficient (Wildman–Crippen LogP) is 2.39. The highest BCUT2D eigenvalue weighted by molar-refractivity contribution is 5.77. The molecule has 0 unspecified atom stereocenters.